The third-order valence-corrected chi connectivity index (χ3v) is 3.62. The number of rotatable bonds is 4. The predicted molar refractivity (Wildman–Crippen MR) is 75.9 cm³/mol. The van der Waals surface area contributed by atoms with Gasteiger partial charge >= 0.3 is 6.61 Å². The molecule has 1 aliphatic carbocycles. The third kappa shape index (κ3) is 3.07. The average Bonchev–Trinajstić information content (AvgIpc) is 2.83. The quantitative estimate of drug-likeness (QED) is 0.891. The lowest BCUT2D eigenvalue weighted by Crippen LogP contribution is -2.07. The first-order valence-electron chi connectivity index (χ1n) is 6.75. The first kappa shape index (κ1) is 13.7. The first-order chi connectivity index (χ1) is 10.1. The van der Waals surface area contributed by atoms with Gasteiger partial charge in [0, 0.05) is 5.69 Å². The zero-order chi connectivity index (χ0) is 14.8. The third-order valence-electron chi connectivity index (χ3n) is 3.62. The molecule has 0 radical (unpaired) electrons. The summed E-state index contributed by atoms with van der Waals surface area (Å²) in [6.45, 7) is -2.81. The molecule has 1 aliphatic rings. The number of phenolic OH excluding ortho intramolecular Hbond substituents is 1. The fraction of sp³-hybridized carbons (Fsp3) is 0.250. The van der Waals surface area contributed by atoms with Gasteiger partial charge in [0.1, 0.15) is 11.5 Å². The SMILES string of the molecule is Oc1ccc2c(c1)CCC2Nc1ccc(OC(F)F)cc1. The highest BCUT2D eigenvalue weighted by Gasteiger charge is 2.22. The molecule has 21 heavy (non-hydrogen) atoms. The number of hydrogen-bond acceptors (Lipinski definition) is 3. The molecule has 2 N–H and O–H groups in total. The standard InChI is InChI=1S/C16H15F2NO2/c17-16(18)21-13-5-2-11(3-6-13)19-15-8-1-10-9-12(20)4-7-14(10)15/h2-7,9,15-16,19-20H,1,8H2. The number of ether oxygens (including phenoxy) is 1. The average molecular weight is 291 g/mol. The van der Waals surface area contributed by atoms with Gasteiger partial charge in [-0.3, -0.25) is 0 Å². The molecule has 0 fully saturated rings. The topological polar surface area (TPSA) is 41.5 Å². The van der Waals surface area contributed by atoms with Gasteiger partial charge in [-0.25, -0.2) is 0 Å². The van der Waals surface area contributed by atoms with E-state index >= 15 is 0 Å². The van der Waals surface area contributed by atoms with Gasteiger partial charge < -0.3 is 15.2 Å². The van der Waals surface area contributed by atoms with Gasteiger partial charge in [0.25, 0.3) is 0 Å². The maximum atomic E-state index is 12.1. The number of nitrogens with one attached hydrogen (secondary N) is 1. The molecule has 110 valence electrons. The van der Waals surface area contributed by atoms with Crippen LogP contribution in [-0.4, -0.2) is 11.7 Å². The van der Waals surface area contributed by atoms with Gasteiger partial charge in [-0.2, -0.15) is 8.78 Å². The molecule has 0 amide bonds. The number of halogens is 2. The van der Waals surface area contributed by atoms with Gasteiger partial charge in [-0.05, 0) is 60.4 Å². The molecular weight excluding hydrogens is 276 g/mol. The second kappa shape index (κ2) is 5.60. The second-order valence-corrected chi connectivity index (χ2v) is 5.02. The molecule has 2 aromatic carbocycles. The Bertz CT molecular complexity index is 629. The number of fused-ring (bicyclic) bond motifs is 1. The van der Waals surface area contributed by atoms with Crippen molar-refractivity contribution in [2.75, 3.05) is 5.32 Å². The number of anilines is 1. The highest BCUT2D eigenvalue weighted by molar-refractivity contribution is 5.51. The Morgan fingerprint density at radius 3 is 2.62 bits per heavy atom. The zero-order valence-corrected chi connectivity index (χ0v) is 11.2. The van der Waals surface area contributed by atoms with Gasteiger partial charge in [-0.15, -0.1) is 0 Å². The predicted octanol–water partition coefficient (Wildman–Crippen LogP) is 4.09. The fourth-order valence-electron chi connectivity index (χ4n) is 2.69. The maximum absolute atomic E-state index is 12.1. The molecule has 0 saturated heterocycles. The molecule has 0 saturated carbocycles. The van der Waals surface area contributed by atoms with Crippen LogP contribution in [0.5, 0.6) is 11.5 Å². The van der Waals surface area contributed by atoms with E-state index in [1.807, 2.05) is 6.07 Å². The summed E-state index contributed by atoms with van der Waals surface area (Å²) in [6.07, 6.45) is 1.85. The van der Waals surface area contributed by atoms with Gasteiger partial charge in [0.2, 0.25) is 0 Å². The van der Waals surface area contributed by atoms with Crippen LogP contribution < -0.4 is 10.1 Å². The van der Waals surface area contributed by atoms with Crippen LogP contribution in [0.4, 0.5) is 14.5 Å². The van der Waals surface area contributed by atoms with Crippen LogP contribution >= 0.6 is 0 Å². The van der Waals surface area contributed by atoms with Crippen molar-refractivity contribution in [2.24, 2.45) is 0 Å². The molecule has 0 heterocycles. The number of hydrogen-bond donors (Lipinski definition) is 2. The van der Waals surface area contributed by atoms with Crippen molar-refractivity contribution in [3.8, 4) is 11.5 Å². The van der Waals surface area contributed by atoms with Crippen molar-refractivity contribution in [1.29, 1.82) is 0 Å². The van der Waals surface area contributed by atoms with E-state index in [4.69, 9.17) is 0 Å². The van der Waals surface area contributed by atoms with Gasteiger partial charge in [0.15, 0.2) is 0 Å². The summed E-state index contributed by atoms with van der Waals surface area (Å²) in [5, 5.41) is 12.9. The lowest BCUT2D eigenvalue weighted by atomic mass is 10.1. The molecule has 3 rings (SSSR count). The maximum Gasteiger partial charge on any atom is 0.387 e. The Hall–Kier alpha value is -2.30. The van der Waals surface area contributed by atoms with E-state index in [1.165, 1.54) is 17.7 Å². The molecular formula is C16H15F2NO2. The molecule has 0 bridgehead atoms. The van der Waals surface area contributed by atoms with Crippen LogP contribution in [0.2, 0.25) is 0 Å². The first-order valence-corrected chi connectivity index (χ1v) is 6.75. The lowest BCUT2D eigenvalue weighted by molar-refractivity contribution is -0.0498. The molecule has 0 aromatic heterocycles. The zero-order valence-electron chi connectivity index (χ0n) is 11.2. The highest BCUT2D eigenvalue weighted by atomic mass is 19.3. The number of benzene rings is 2. The van der Waals surface area contributed by atoms with Crippen molar-refractivity contribution >= 4 is 5.69 Å². The van der Waals surface area contributed by atoms with Crippen molar-refractivity contribution in [1.82, 2.24) is 0 Å². The smallest absolute Gasteiger partial charge is 0.387 e. The minimum absolute atomic E-state index is 0.146. The van der Waals surface area contributed by atoms with E-state index in [9.17, 15) is 13.9 Å². The normalized spacial score (nSPS) is 16.8. The molecule has 3 nitrogen and oxygen atoms in total. The van der Waals surface area contributed by atoms with Crippen LogP contribution in [0, 0.1) is 0 Å². The molecule has 1 unspecified atom stereocenters. The van der Waals surface area contributed by atoms with E-state index < -0.39 is 6.61 Å². The van der Waals surface area contributed by atoms with Gasteiger partial charge in [-0.1, -0.05) is 6.07 Å². The Morgan fingerprint density at radius 1 is 1.14 bits per heavy atom. The lowest BCUT2D eigenvalue weighted by Gasteiger charge is -2.16. The minimum Gasteiger partial charge on any atom is -0.508 e. The molecule has 0 aliphatic heterocycles. The fourth-order valence-corrected chi connectivity index (χ4v) is 2.69. The summed E-state index contributed by atoms with van der Waals surface area (Å²) in [7, 11) is 0. The van der Waals surface area contributed by atoms with Crippen LogP contribution in [0.3, 0.4) is 0 Å². The Kier molecular flexibility index (Phi) is 3.64. The summed E-state index contributed by atoms with van der Waals surface area (Å²) in [5.41, 5.74) is 3.16. The van der Waals surface area contributed by atoms with Crippen LogP contribution in [0.1, 0.15) is 23.6 Å². The Morgan fingerprint density at radius 2 is 1.90 bits per heavy atom. The minimum atomic E-state index is -2.81. The van der Waals surface area contributed by atoms with Crippen LogP contribution in [0.15, 0.2) is 42.5 Å². The van der Waals surface area contributed by atoms with E-state index in [-0.39, 0.29) is 17.5 Å². The Balaban J connectivity index is 1.71. The Labute approximate surface area is 121 Å². The van der Waals surface area contributed by atoms with Crippen LogP contribution in [0.25, 0.3) is 0 Å². The number of phenols is 1. The molecule has 1 atom stereocenters. The van der Waals surface area contributed by atoms with E-state index in [1.54, 1.807) is 24.3 Å². The molecule has 0 spiro atoms. The van der Waals surface area contributed by atoms with Crippen molar-refractivity contribution in [3.63, 3.8) is 0 Å². The summed E-state index contributed by atoms with van der Waals surface area (Å²) < 4.78 is 28.5. The summed E-state index contributed by atoms with van der Waals surface area (Å²) in [4.78, 5) is 0. The van der Waals surface area contributed by atoms with Crippen LogP contribution in [-0.2, 0) is 6.42 Å². The largest absolute Gasteiger partial charge is 0.508 e. The monoisotopic (exact) mass is 291 g/mol. The van der Waals surface area contributed by atoms with Crippen molar-refractivity contribution in [2.45, 2.75) is 25.5 Å². The molecule has 2 aromatic rings. The van der Waals surface area contributed by atoms with Gasteiger partial charge in [0.05, 0.1) is 6.04 Å². The number of aryl methyl sites for hydroxylation is 1. The second-order valence-electron chi connectivity index (χ2n) is 5.02. The number of aromatic hydroxyl groups is 1. The van der Waals surface area contributed by atoms with E-state index in [2.05, 4.69) is 10.1 Å². The van der Waals surface area contributed by atoms with E-state index in [0.29, 0.717) is 0 Å². The summed E-state index contributed by atoms with van der Waals surface area (Å²) >= 11 is 0. The highest BCUT2D eigenvalue weighted by Crippen LogP contribution is 2.35. The van der Waals surface area contributed by atoms with E-state index in [0.717, 1.165) is 24.1 Å². The molecule has 5 heteroatoms. The van der Waals surface area contributed by atoms with Crippen molar-refractivity contribution in [3.05, 3.63) is 53.6 Å². The number of alkyl halides is 2. The summed E-state index contributed by atoms with van der Waals surface area (Å²) in [6, 6.07) is 12.0. The van der Waals surface area contributed by atoms with Crippen molar-refractivity contribution < 1.29 is 18.6 Å². The summed E-state index contributed by atoms with van der Waals surface area (Å²) in [5.74, 6) is 0.426.